The summed E-state index contributed by atoms with van der Waals surface area (Å²) in [4.78, 5) is 13.8. The predicted molar refractivity (Wildman–Crippen MR) is 120 cm³/mol. The van der Waals surface area contributed by atoms with Crippen LogP contribution in [0.15, 0.2) is 84.6 Å². The zero-order chi connectivity index (χ0) is 21.1. The number of carbonyl (C=O) groups is 1. The highest BCUT2D eigenvalue weighted by molar-refractivity contribution is 6.13. The Labute approximate surface area is 176 Å². The number of amidine groups is 1. The average molecular weight is 397 g/mol. The van der Waals surface area contributed by atoms with Gasteiger partial charge in [-0.2, -0.15) is 0 Å². The van der Waals surface area contributed by atoms with Crippen LogP contribution in [0.2, 0.25) is 0 Å². The standard InChI is InChI=1S/C25H23N3O2/c1-27-25(29)19-14-12-18(13-15-19)20(16-17-8-4-3-5-9-17)23-24(26)28(2)21-10-6-7-11-22(21)30-23/h3-15,26H,16H2,1-2H3,(H,27,29)/b23-20-,26-24?. The van der Waals surface area contributed by atoms with Gasteiger partial charge in [0.25, 0.3) is 5.91 Å². The molecule has 30 heavy (non-hydrogen) atoms. The monoisotopic (exact) mass is 397 g/mol. The van der Waals surface area contributed by atoms with Gasteiger partial charge in [0.15, 0.2) is 17.3 Å². The molecule has 0 radical (unpaired) electrons. The number of fused-ring (bicyclic) bond motifs is 1. The molecule has 150 valence electrons. The molecule has 0 aliphatic carbocycles. The molecule has 1 heterocycles. The van der Waals surface area contributed by atoms with Gasteiger partial charge < -0.3 is 15.0 Å². The van der Waals surface area contributed by atoms with Gasteiger partial charge in [-0.1, -0.05) is 54.6 Å². The van der Waals surface area contributed by atoms with Crippen molar-refractivity contribution in [1.82, 2.24) is 5.32 Å². The molecule has 0 unspecified atom stereocenters. The second-order valence-electron chi connectivity index (χ2n) is 7.10. The van der Waals surface area contributed by atoms with Gasteiger partial charge in [-0.25, -0.2) is 0 Å². The number of ether oxygens (including phenoxy) is 1. The molecule has 3 aromatic carbocycles. The minimum absolute atomic E-state index is 0.130. The third kappa shape index (κ3) is 3.70. The van der Waals surface area contributed by atoms with Crippen molar-refractivity contribution in [2.24, 2.45) is 0 Å². The number of anilines is 1. The first kappa shape index (κ1) is 19.5. The van der Waals surface area contributed by atoms with Gasteiger partial charge in [-0.15, -0.1) is 0 Å². The van der Waals surface area contributed by atoms with E-state index in [1.807, 2.05) is 66.5 Å². The molecule has 5 heteroatoms. The fourth-order valence-electron chi connectivity index (χ4n) is 3.54. The molecule has 3 aromatic rings. The molecule has 0 atom stereocenters. The number of amides is 1. The highest BCUT2D eigenvalue weighted by Crippen LogP contribution is 2.37. The van der Waals surface area contributed by atoms with Crippen LogP contribution in [0.25, 0.3) is 5.57 Å². The fraction of sp³-hybridized carbons (Fsp3) is 0.120. The Balaban J connectivity index is 1.83. The molecule has 1 amide bonds. The van der Waals surface area contributed by atoms with Crippen LogP contribution in [0.1, 0.15) is 21.5 Å². The van der Waals surface area contributed by atoms with E-state index < -0.39 is 0 Å². The highest BCUT2D eigenvalue weighted by atomic mass is 16.5. The van der Waals surface area contributed by atoms with Crippen molar-refractivity contribution in [3.05, 3.63) is 101 Å². The summed E-state index contributed by atoms with van der Waals surface area (Å²) < 4.78 is 6.24. The van der Waals surface area contributed by atoms with Crippen LogP contribution in [0.5, 0.6) is 5.75 Å². The maximum absolute atomic E-state index is 11.9. The summed E-state index contributed by atoms with van der Waals surface area (Å²) in [6.07, 6.45) is 0.605. The van der Waals surface area contributed by atoms with Crippen LogP contribution in [0.4, 0.5) is 5.69 Å². The normalized spacial score (nSPS) is 14.6. The molecule has 4 rings (SSSR count). The number of benzene rings is 3. The number of carbonyl (C=O) groups excluding carboxylic acids is 1. The largest absolute Gasteiger partial charge is 0.451 e. The van der Waals surface area contributed by atoms with Crippen LogP contribution in [-0.2, 0) is 6.42 Å². The summed E-state index contributed by atoms with van der Waals surface area (Å²) in [5.41, 5.74) is 4.39. The van der Waals surface area contributed by atoms with E-state index in [9.17, 15) is 4.79 Å². The number of allylic oxidation sites excluding steroid dienone is 1. The second-order valence-corrected chi connectivity index (χ2v) is 7.10. The zero-order valence-corrected chi connectivity index (χ0v) is 17.0. The Morgan fingerprint density at radius 3 is 2.27 bits per heavy atom. The maximum atomic E-state index is 11.9. The summed E-state index contributed by atoms with van der Waals surface area (Å²) in [5, 5.41) is 11.4. The fourth-order valence-corrected chi connectivity index (χ4v) is 3.54. The summed E-state index contributed by atoms with van der Waals surface area (Å²) in [5.74, 6) is 1.41. The van der Waals surface area contributed by atoms with Crippen LogP contribution in [0.3, 0.4) is 0 Å². The summed E-state index contributed by atoms with van der Waals surface area (Å²) in [6.45, 7) is 0. The van der Waals surface area contributed by atoms with Crippen molar-refractivity contribution in [2.75, 3.05) is 19.0 Å². The molecular weight excluding hydrogens is 374 g/mol. The van der Waals surface area contributed by atoms with Crippen LogP contribution in [-0.4, -0.2) is 25.8 Å². The quantitative estimate of drug-likeness (QED) is 0.681. The molecule has 5 nitrogen and oxygen atoms in total. The summed E-state index contributed by atoms with van der Waals surface area (Å²) in [7, 11) is 3.49. The van der Waals surface area contributed by atoms with E-state index in [0.717, 1.165) is 28.1 Å². The minimum atomic E-state index is -0.130. The lowest BCUT2D eigenvalue weighted by atomic mass is 9.95. The van der Waals surface area contributed by atoms with Gasteiger partial charge in [0.05, 0.1) is 5.69 Å². The lowest BCUT2D eigenvalue weighted by Gasteiger charge is -2.31. The molecular formula is C25H23N3O2. The van der Waals surface area contributed by atoms with Gasteiger partial charge in [-0.3, -0.25) is 10.2 Å². The number of para-hydroxylation sites is 2. The van der Waals surface area contributed by atoms with Crippen molar-refractivity contribution in [3.63, 3.8) is 0 Å². The second kappa shape index (κ2) is 8.25. The van der Waals surface area contributed by atoms with Gasteiger partial charge in [-0.05, 0) is 35.4 Å². The van der Waals surface area contributed by atoms with E-state index in [-0.39, 0.29) is 5.91 Å². The van der Waals surface area contributed by atoms with Crippen molar-refractivity contribution < 1.29 is 9.53 Å². The van der Waals surface area contributed by atoms with Crippen molar-refractivity contribution in [2.45, 2.75) is 6.42 Å². The lowest BCUT2D eigenvalue weighted by molar-refractivity contribution is 0.0963. The number of nitrogens with zero attached hydrogens (tertiary/aromatic N) is 1. The van der Waals surface area contributed by atoms with Gasteiger partial charge in [0.1, 0.15) is 0 Å². The van der Waals surface area contributed by atoms with Crippen molar-refractivity contribution in [1.29, 1.82) is 5.41 Å². The number of likely N-dealkylation sites (N-methyl/N-ethyl adjacent to an activating group) is 1. The van der Waals surface area contributed by atoms with Crippen LogP contribution in [0, 0.1) is 5.41 Å². The van der Waals surface area contributed by atoms with Crippen molar-refractivity contribution >= 4 is 23.0 Å². The summed E-state index contributed by atoms with van der Waals surface area (Å²) in [6, 6.07) is 25.2. The van der Waals surface area contributed by atoms with E-state index in [0.29, 0.717) is 23.6 Å². The van der Waals surface area contributed by atoms with Crippen LogP contribution < -0.4 is 15.0 Å². The molecule has 2 N–H and O–H groups in total. The maximum Gasteiger partial charge on any atom is 0.251 e. The molecule has 0 saturated heterocycles. The smallest absolute Gasteiger partial charge is 0.251 e. The van der Waals surface area contributed by atoms with E-state index >= 15 is 0 Å². The Morgan fingerprint density at radius 1 is 0.933 bits per heavy atom. The molecule has 1 aliphatic rings. The van der Waals surface area contributed by atoms with Crippen LogP contribution >= 0.6 is 0 Å². The SMILES string of the molecule is CNC(=O)c1ccc(/C(Cc2ccccc2)=C2\Oc3ccccc3N(C)C2=N)cc1. The minimum Gasteiger partial charge on any atom is -0.451 e. The number of hydrogen-bond acceptors (Lipinski definition) is 3. The molecule has 0 bridgehead atoms. The van der Waals surface area contributed by atoms with Gasteiger partial charge in [0, 0.05) is 31.7 Å². The Morgan fingerprint density at radius 2 is 1.57 bits per heavy atom. The van der Waals surface area contributed by atoms with Crippen molar-refractivity contribution in [3.8, 4) is 5.75 Å². The first-order valence-electron chi connectivity index (χ1n) is 9.77. The number of rotatable bonds is 4. The third-order valence-electron chi connectivity index (χ3n) is 5.21. The molecule has 0 aromatic heterocycles. The Bertz CT molecular complexity index is 1120. The Kier molecular flexibility index (Phi) is 5.35. The zero-order valence-electron chi connectivity index (χ0n) is 17.0. The number of nitrogens with one attached hydrogen (secondary N) is 2. The number of hydrogen-bond donors (Lipinski definition) is 2. The predicted octanol–water partition coefficient (Wildman–Crippen LogP) is 4.51. The Hall–Kier alpha value is -3.86. The molecule has 1 aliphatic heterocycles. The topological polar surface area (TPSA) is 65.4 Å². The summed E-state index contributed by atoms with van der Waals surface area (Å²) >= 11 is 0. The highest BCUT2D eigenvalue weighted by Gasteiger charge is 2.27. The van der Waals surface area contributed by atoms with Gasteiger partial charge >= 0.3 is 0 Å². The van der Waals surface area contributed by atoms with E-state index in [4.69, 9.17) is 10.1 Å². The van der Waals surface area contributed by atoms with E-state index in [2.05, 4.69) is 17.4 Å². The van der Waals surface area contributed by atoms with E-state index in [1.165, 1.54) is 0 Å². The molecule has 0 fully saturated rings. The van der Waals surface area contributed by atoms with E-state index in [1.54, 1.807) is 19.2 Å². The van der Waals surface area contributed by atoms with Gasteiger partial charge in [0.2, 0.25) is 0 Å². The average Bonchev–Trinajstić information content (AvgIpc) is 2.80. The lowest BCUT2D eigenvalue weighted by Crippen LogP contribution is -2.34. The molecule has 0 spiro atoms. The molecule has 0 saturated carbocycles. The first-order chi connectivity index (χ1) is 14.6. The third-order valence-corrected chi connectivity index (χ3v) is 5.21. The first-order valence-corrected chi connectivity index (χ1v) is 9.77.